The standard InChI is InChI=1S/C22H32N2O2/c1-17-6-5-9-20(14-17)24(15-18-7-3-2-4-8-18)22(25)26-21-16-23-12-10-19(21)11-13-23/h5-6,9,14,18-19,21H,2-4,7-8,10-13,15-16H2,1H3/t21-/m0/s1. The maximum atomic E-state index is 13.2. The molecule has 0 unspecified atom stereocenters. The van der Waals surface area contributed by atoms with Crippen molar-refractivity contribution in [2.45, 2.75) is 58.0 Å². The van der Waals surface area contributed by atoms with Gasteiger partial charge in [-0.3, -0.25) is 9.80 Å². The minimum Gasteiger partial charge on any atom is -0.444 e. The summed E-state index contributed by atoms with van der Waals surface area (Å²) in [4.78, 5) is 17.5. The highest BCUT2D eigenvalue weighted by molar-refractivity contribution is 5.87. The molecule has 1 atom stereocenters. The maximum absolute atomic E-state index is 13.2. The summed E-state index contributed by atoms with van der Waals surface area (Å²) in [7, 11) is 0. The summed E-state index contributed by atoms with van der Waals surface area (Å²) < 4.78 is 6.07. The highest BCUT2D eigenvalue weighted by Crippen LogP contribution is 2.31. The van der Waals surface area contributed by atoms with Crippen molar-refractivity contribution in [3.63, 3.8) is 0 Å². The molecule has 1 aromatic rings. The molecular formula is C22H32N2O2. The van der Waals surface area contributed by atoms with Crippen LogP contribution in [0.1, 0.15) is 50.5 Å². The summed E-state index contributed by atoms with van der Waals surface area (Å²) in [5.74, 6) is 1.15. The fraction of sp³-hybridized carbons (Fsp3) is 0.682. The summed E-state index contributed by atoms with van der Waals surface area (Å²) in [6, 6.07) is 8.29. The van der Waals surface area contributed by atoms with E-state index < -0.39 is 0 Å². The lowest BCUT2D eigenvalue weighted by molar-refractivity contribution is -0.0312. The highest BCUT2D eigenvalue weighted by atomic mass is 16.6. The predicted octanol–water partition coefficient (Wildman–Crippen LogP) is 4.61. The number of ether oxygens (including phenoxy) is 1. The molecule has 4 aliphatic rings. The van der Waals surface area contributed by atoms with Gasteiger partial charge in [-0.2, -0.15) is 0 Å². The molecular weight excluding hydrogens is 324 g/mol. The zero-order valence-electron chi connectivity index (χ0n) is 16.0. The van der Waals surface area contributed by atoms with Gasteiger partial charge in [-0.15, -0.1) is 0 Å². The van der Waals surface area contributed by atoms with Crippen LogP contribution in [0.25, 0.3) is 0 Å². The topological polar surface area (TPSA) is 32.8 Å². The molecule has 0 N–H and O–H groups in total. The molecule has 0 radical (unpaired) electrons. The van der Waals surface area contributed by atoms with Gasteiger partial charge in [0.25, 0.3) is 0 Å². The number of piperidine rings is 3. The molecule has 26 heavy (non-hydrogen) atoms. The number of amides is 1. The molecule has 3 saturated heterocycles. The second-order valence-corrected chi connectivity index (χ2v) is 8.51. The van der Waals surface area contributed by atoms with E-state index in [0.717, 1.165) is 18.8 Å². The summed E-state index contributed by atoms with van der Waals surface area (Å²) in [5, 5.41) is 0. The number of carbonyl (C=O) groups excluding carboxylic acids is 1. The van der Waals surface area contributed by atoms with Gasteiger partial charge in [-0.25, -0.2) is 4.79 Å². The molecule has 0 spiro atoms. The zero-order valence-corrected chi connectivity index (χ0v) is 16.0. The van der Waals surface area contributed by atoms with Crippen molar-refractivity contribution in [2.75, 3.05) is 31.1 Å². The normalized spacial score (nSPS) is 28.7. The summed E-state index contributed by atoms with van der Waals surface area (Å²) >= 11 is 0. The van der Waals surface area contributed by atoms with Crippen LogP contribution in [0.2, 0.25) is 0 Å². The van der Waals surface area contributed by atoms with E-state index in [-0.39, 0.29) is 12.2 Å². The number of benzene rings is 1. The van der Waals surface area contributed by atoms with E-state index in [1.807, 2.05) is 17.0 Å². The van der Waals surface area contributed by atoms with Crippen molar-refractivity contribution in [1.29, 1.82) is 0 Å². The smallest absolute Gasteiger partial charge is 0.414 e. The third-order valence-corrected chi connectivity index (χ3v) is 6.55. The Morgan fingerprint density at radius 1 is 1.15 bits per heavy atom. The molecule has 1 amide bonds. The monoisotopic (exact) mass is 356 g/mol. The SMILES string of the molecule is Cc1cccc(N(CC2CCCCC2)C(=O)O[C@H]2CN3CCC2CC3)c1. The number of hydrogen-bond donors (Lipinski definition) is 0. The Morgan fingerprint density at radius 3 is 2.58 bits per heavy atom. The quantitative estimate of drug-likeness (QED) is 0.789. The van der Waals surface area contributed by atoms with E-state index in [2.05, 4.69) is 24.0 Å². The van der Waals surface area contributed by atoms with Gasteiger partial charge in [-0.05, 0) is 75.2 Å². The molecule has 5 rings (SSSR count). The Labute approximate surface area is 157 Å². The minimum atomic E-state index is -0.139. The average molecular weight is 357 g/mol. The molecule has 142 valence electrons. The molecule has 4 fully saturated rings. The van der Waals surface area contributed by atoms with Gasteiger partial charge in [0.2, 0.25) is 0 Å². The first-order valence-electron chi connectivity index (χ1n) is 10.5. The van der Waals surface area contributed by atoms with E-state index in [1.54, 1.807) is 0 Å². The third-order valence-electron chi connectivity index (χ3n) is 6.55. The fourth-order valence-electron chi connectivity index (χ4n) is 4.95. The van der Waals surface area contributed by atoms with Gasteiger partial charge < -0.3 is 4.74 Å². The fourth-order valence-corrected chi connectivity index (χ4v) is 4.95. The van der Waals surface area contributed by atoms with E-state index >= 15 is 0 Å². The number of rotatable bonds is 4. The molecule has 1 aromatic carbocycles. The van der Waals surface area contributed by atoms with Crippen LogP contribution in [0.5, 0.6) is 0 Å². The van der Waals surface area contributed by atoms with Crippen molar-refractivity contribution >= 4 is 11.8 Å². The lowest BCUT2D eigenvalue weighted by Gasteiger charge is -2.44. The van der Waals surface area contributed by atoms with Gasteiger partial charge in [0.15, 0.2) is 0 Å². The lowest BCUT2D eigenvalue weighted by Crippen LogP contribution is -2.53. The Kier molecular flexibility index (Phi) is 5.49. The van der Waals surface area contributed by atoms with Crippen LogP contribution < -0.4 is 4.90 Å². The molecule has 3 aliphatic heterocycles. The van der Waals surface area contributed by atoms with Crippen molar-refractivity contribution < 1.29 is 9.53 Å². The third kappa shape index (κ3) is 4.06. The predicted molar refractivity (Wildman–Crippen MR) is 105 cm³/mol. The molecule has 2 bridgehead atoms. The first-order chi connectivity index (χ1) is 12.7. The van der Waals surface area contributed by atoms with Gasteiger partial charge in [0.05, 0.1) is 0 Å². The van der Waals surface area contributed by atoms with Crippen molar-refractivity contribution in [1.82, 2.24) is 4.90 Å². The molecule has 4 heteroatoms. The second kappa shape index (κ2) is 7.99. The van der Waals surface area contributed by atoms with Crippen molar-refractivity contribution in [2.24, 2.45) is 11.8 Å². The largest absolute Gasteiger partial charge is 0.444 e. The Bertz CT molecular complexity index is 618. The van der Waals surface area contributed by atoms with E-state index in [4.69, 9.17) is 4.74 Å². The number of hydrogen-bond acceptors (Lipinski definition) is 3. The van der Waals surface area contributed by atoms with Crippen LogP contribution >= 0.6 is 0 Å². The molecule has 1 aliphatic carbocycles. The molecule has 3 heterocycles. The number of nitrogens with zero attached hydrogens (tertiary/aromatic N) is 2. The van der Waals surface area contributed by atoms with Gasteiger partial charge in [-0.1, -0.05) is 31.4 Å². The van der Waals surface area contributed by atoms with Crippen LogP contribution in [0.4, 0.5) is 10.5 Å². The Hall–Kier alpha value is -1.55. The zero-order chi connectivity index (χ0) is 17.9. The van der Waals surface area contributed by atoms with E-state index in [1.165, 1.54) is 63.6 Å². The highest BCUT2D eigenvalue weighted by Gasteiger charge is 2.37. The first-order valence-corrected chi connectivity index (χ1v) is 10.5. The van der Waals surface area contributed by atoms with E-state index in [0.29, 0.717) is 11.8 Å². The molecule has 1 saturated carbocycles. The van der Waals surface area contributed by atoms with Crippen molar-refractivity contribution in [3.8, 4) is 0 Å². The summed E-state index contributed by atoms with van der Waals surface area (Å²) in [6.45, 7) is 6.14. The first kappa shape index (κ1) is 17.8. The Morgan fingerprint density at radius 2 is 1.92 bits per heavy atom. The molecule has 4 nitrogen and oxygen atoms in total. The molecule has 0 aromatic heterocycles. The minimum absolute atomic E-state index is 0.0728. The number of carbonyl (C=O) groups is 1. The van der Waals surface area contributed by atoms with Crippen LogP contribution in [0, 0.1) is 18.8 Å². The number of anilines is 1. The summed E-state index contributed by atoms with van der Waals surface area (Å²) in [6.07, 6.45) is 8.66. The van der Waals surface area contributed by atoms with Gasteiger partial charge in [0, 0.05) is 18.8 Å². The summed E-state index contributed by atoms with van der Waals surface area (Å²) in [5.41, 5.74) is 2.17. The van der Waals surface area contributed by atoms with Crippen LogP contribution in [-0.4, -0.2) is 43.3 Å². The van der Waals surface area contributed by atoms with Crippen LogP contribution in [0.15, 0.2) is 24.3 Å². The lowest BCUT2D eigenvalue weighted by atomic mass is 9.86. The van der Waals surface area contributed by atoms with Gasteiger partial charge >= 0.3 is 6.09 Å². The van der Waals surface area contributed by atoms with Crippen LogP contribution in [-0.2, 0) is 4.74 Å². The van der Waals surface area contributed by atoms with Gasteiger partial charge in [0.1, 0.15) is 6.10 Å². The Balaban J connectivity index is 1.48. The van der Waals surface area contributed by atoms with E-state index in [9.17, 15) is 4.79 Å². The van der Waals surface area contributed by atoms with Crippen LogP contribution in [0.3, 0.4) is 0 Å². The number of aryl methyl sites for hydroxylation is 1. The van der Waals surface area contributed by atoms with Crippen molar-refractivity contribution in [3.05, 3.63) is 29.8 Å². The second-order valence-electron chi connectivity index (χ2n) is 8.51. The average Bonchev–Trinajstić information content (AvgIpc) is 2.68. The number of fused-ring (bicyclic) bond motifs is 3. The maximum Gasteiger partial charge on any atom is 0.414 e.